The summed E-state index contributed by atoms with van der Waals surface area (Å²) in [7, 11) is 0. The second-order valence-electron chi connectivity index (χ2n) is 9.32. The van der Waals surface area contributed by atoms with E-state index in [1.165, 1.54) is 11.1 Å². The van der Waals surface area contributed by atoms with Gasteiger partial charge in [0.25, 0.3) is 0 Å². The second kappa shape index (κ2) is 10.4. The zero-order valence-electron chi connectivity index (χ0n) is 19.7. The highest BCUT2D eigenvalue weighted by molar-refractivity contribution is 5.58. The number of anilines is 2. The van der Waals surface area contributed by atoms with Gasteiger partial charge >= 0.3 is 0 Å². The summed E-state index contributed by atoms with van der Waals surface area (Å²) in [5.74, 6) is 0.734. The number of phenolic OH excluding ortho intramolecular Hbond substituents is 2. The lowest BCUT2D eigenvalue weighted by Gasteiger charge is -2.36. The molecule has 178 valence electrons. The zero-order chi connectivity index (χ0) is 23.3. The van der Waals surface area contributed by atoms with Crippen molar-refractivity contribution >= 4 is 11.4 Å². The topological polar surface area (TPSA) is 53.4 Å². The Morgan fingerprint density at radius 1 is 0.471 bits per heavy atom. The summed E-state index contributed by atoms with van der Waals surface area (Å²) < 4.78 is 0. The van der Waals surface area contributed by atoms with Gasteiger partial charge in [0.15, 0.2) is 0 Å². The van der Waals surface area contributed by atoms with E-state index < -0.39 is 0 Å². The molecule has 0 radical (unpaired) electrons. The SMILES string of the molecule is Oc1ccccc1N1CCN(Cc2ccc(CN3CCN(c4ccccc4O)CC3)cc2)CC1. The molecule has 3 aromatic rings. The van der Waals surface area contributed by atoms with Crippen LogP contribution in [0.5, 0.6) is 11.5 Å². The molecule has 0 aliphatic carbocycles. The molecule has 34 heavy (non-hydrogen) atoms. The van der Waals surface area contributed by atoms with Crippen LogP contribution in [-0.2, 0) is 13.1 Å². The van der Waals surface area contributed by atoms with Gasteiger partial charge in [-0.2, -0.15) is 0 Å². The van der Waals surface area contributed by atoms with E-state index in [-0.39, 0.29) is 0 Å². The van der Waals surface area contributed by atoms with Crippen molar-refractivity contribution in [1.29, 1.82) is 0 Å². The summed E-state index contributed by atoms with van der Waals surface area (Å²) in [6, 6.07) is 24.3. The molecule has 3 aromatic carbocycles. The molecule has 2 saturated heterocycles. The van der Waals surface area contributed by atoms with Crippen LogP contribution in [0.3, 0.4) is 0 Å². The third-order valence-corrected chi connectivity index (χ3v) is 7.02. The van der Waals surface area contributed by atoms with Gasteiger partial charge in [0.2, 0.25) is 0 Å². The van der Waals surface area contributed by atoms with Crippen LogP contribution in [0.2, 0.25) is 0 Å². The van der Waals surface area contributed by atoms with Crippen molar-refractivity contribution in [3.63, 3.8) is 0 Å². The number of aromatic hydroxyl groups is 2. The first-order valence-corrected chi connectivity index (χ1v) is 12.2. The molecule has 2 aliphatic rings. The van der Waals surface area contributed by atoms with E-state index in [0.29, 0.717) is 11.5 Å². The molecule has 0 aromatic heterocycles. The highest BCUT2D eigenvalue weighted by Crippen LogP contribution is 2.28. The van der Waals surface area contributed by atoms with Gasteiger partial charge in [0.05, 0.1) is 11.4 Å². The first kappa shape index (κ1) is 22.6. The molecule has 6 nitrogen and oxygen atoms in total. The maximum atomic E-state index is 10.1. The molecule has 2 fully saturated rings. The second-order valence-corrected chi connectivity index (χ2v) is 9.32. The Kier molecular flexibility index (Phi) is 6.88. The molecule has 0 unspecified atom stereocenters. The van der Waals surface area contributed by atoms with Gasteiger partial charge in [0.1, 0.15) is 11.5 Å². The third kappa shape index (κ3) is 5.29. The smallest absolute Gasteiger partial charge is 0.138 e. The maximum absolute atomic E-state index is 10.1. The Morgan fingerprint density at radius 2 is 0.824 bits per heavy atom. The first-order chi connectivity index (χ1) is 16.7. The molecule has 2 N–H and O–H groups in total. The quantitative estimate of drug-likeness (QED) is 0.587. The third-order valence-electron chi connectivity index (χ3n) is 7.02. The fourth-order valence-electron chi connectivity index (χ4n) is 5.02. The minimum Gasteiger partial charge on any atom is -0.506 e. The van der Waals surface area contributed by atoms with E-state index in [0.717, 1.165) is 76.8 Å². The van der Waals surface area contributed by atoms with Gasteiger partial charge in [-0.3, -0.25) is 9.80 Å². The van der Waals surface area contributed by atoms with Gasteiger partial charge in [-0.05, 0) is 35.4 Å². The molecule has 2 heterocycles. The summed E-state index contributed by atoms with van der Waals surface area (Å²) in [6.45, 7) is 9.65. The maximum Gasteiger partial charge on any atom is 0.138 e. The van der Waals surface area contributed by atoms with Gasteiger partial charge in [0, 0.05) is 65.4 Å². The van der Waals surface area contributed by atoms with Crippen molar-refractivity contribution in [2.24, 2.45) is 0 Å². The largest absolute Gasteiger partial charge is 0.506 e. The summed E-state index contributed by atoms with van der Waals surface area (Å²) in [5, 5.41) is 20.2. The van der Waals surface area contributed by atoms with E-state index >= 15 is 0 Å². The minimum absolute atomic E-state index is 0.367. The van der Waals surface area contributed by atoms with E-state index in [1.807, 2.05) is 36.4 Å². The van der Waals surface area contributed by atoms with Crippen LogP contribution >= 0.6 is 0 Å². The average molecular weight is 459 g/mol. The number of benzene rings is 3. The summed E-state index contributed by atoms with van der Waals surface area (Å²) in [4.78, 5) is 9.52. The lowest BCUT2D eigenvalue weighted by molar-refractivity contribution is 0.247. The monoisotopic (exact) mass is 458 g/mol. The van der Waals surface area contributed by atoms with Crippen molar-refractivity contribution in [2.75, 3.05) is 62.2 Å². The summed E-state index contributed by atoms with van der Waals surface area (Å²) >= 11 is 0. The van der Waals surface area contributed by atoms with Gasteiger partial charge in [-0.1, -0.05) is 48.5 Å². The van der Waals surface area contributed by atoms with Crippen molar-refractivity contribution < 1.29 is 10.2 Å². The molecular weight excluding hydrogens is 424 g/mol. The van der Waals surface area contributed by atoms with Crippen molar-refractivity contribution in [3.05, 3.63) is 83.9 Å². The van der Waals surface area contributed by atoms with Crippen LogP contribution in [0, 0.1) is 0 Å². The standard InChI is InChI=1S/C28H34N4O2/c33-27-7-3-1-5-25(27)31-17-13-29(14-18-31)21-23-9-11-24(12-10-23)22-30-15-19-32(20-16-30)26-6-2-4-8-28(26)34/h1-12,33-34H,13-22H2. The first-order valence-electron chi connectivity index (χ1n) is 12.2. The molecule has 0 bridgehead atoms. The van der Waals surface area contributed by atoms with Crippen molar-refractivity contribution in [2.45, 2.75) is 13.1 Å². The average Bonchev–Trinajstić information content (AvgIpc) is 2.87. The lowest BCUT2D eigenvalue weighted by Crippen LogP contribution is -2.46. The number of hydrogen-bond acceptors (Lipinski definition) is 6. The van der Waals surface area contributed by atoms with Crippen LogP contribution < -0.4 is 9.80 Å². The predicted octanol–water partition coefficient (Wildman–Crippen LogP) is 3.74. The number of hydrogen-bond donors (Lipinski definition) is 2. The van der Waals surface area contributed by atoms with E-state index in [1.54, 1.807) is 12.1 Å². The molecule has 0 amide bonds. The fraction of sp³-hybridized carbons (Fsp3) is 0.357. The highest BCUT2D eigenvalue weighted by atomic mass is 16.3. The van der Waals surface area contributed by atoms with E-state index in [2.05, 4.69) is 43.9 Å². The Labute approximate surface area is 202 Å². The van der Waals surface area contributed by atoms with Crippen LogP contribution in [0.15, 0.2) is 72.8 Å². The zero-order valence-corrected chi connectivity index (χ0v) is 19.7. The van der Waals surface area contributed by atoms with Crippen LogP contribution in [-0.4, -0.2) is 72.4 Å². The molecule has 6 heteroatoms. The van der Waals surface area contributed by atoms with Gasteiger partial charge < -0.3 is 20.0 Å². The molecular formula is C28H34N4O2. The molecule has 0 saturated carbocycles. The van der Waals surface area contributed by atoms with Crippen LogP contribution in [0.1, 0.15) is 11.1 Å². The predicted molar refractivity (Wildman–Crippen MR) is 138 cm³/mol. The fourth-order valence-corrected chi connectivity index (χ4v) is 5.02. The molecule has 2 aliphatic heterocycles. The molecule has 0 atom stereocenters. The number of nitrogens with zero attached hydrogens (tertiary/aromatic N) is 4. The number of para-hydroxylation sites is 4. The van der Waals surface area contributed by atoms with Gasteiger partial charge in [-0.25, -0.2) is 0 Å². The van der Waals surface area contributed by atoms with Crippen LogP contribution in [0.4, 0.5) is 11.4 Å². The minimum atomic E-state index is 0.367. The highest BCUT2D eigenvalue weighted by Gasteiger charge is 2.20. The Bertz CT molecular complexity index is 985. The summed E-state index contributed by atoms with van der Waals surface area (Å²) in [6.07, 6.45) is 0. The van der Waals surface area contributed by atoms with Crippen molar-refractivity contribution in [1.82, 2.24) is 9.80 Å². The van der Waals surface area contributed by atoms with E-state index in [9.17, 15) is 10.2 Å². The van der Waals surface area contributed by atoms with E-state index in [4.69, 9.17) is 0 Å². The molecule has 0 spiro atoms. The van der Waals surface area contributed by atoms with Gasteiger partial charge in [-0.15, -0.1) is 0 Å². The Hall–Kier alpha value is -3.22. The molecule has 5 rings (SSSR count). The Morgan fingerprint density at radius 3 is 1.18 bits per heavy atom. The normalized spacial score (nSPS) is 17.8. The van der Waals surface area contributed by atoms with Crippen LogP contribution in [0.25, 0.3) is 0 Å². The summed E-state index contributed by atoms with van der Waals surface area (Å²) in [5.41, 5.74) is 4.58. The number of piperazine rings is 2. The van der Waals surface area contributed by atoms with Crippen molar-refractivity contribution in [3.8, 4) is 11.5 Å². The Balaban J connectivity index is 1.08. The number of rotatable bonds is 6. The lowest BCUT2D eigenvalue weighted by atomic mass is 10.1. The number of phenols is 2.